The third-order valence-electron chi connectivity index (χ3n) is 4.24. The average Bonchev–Trinajstić information content (AvgIpc) is 2.58. The first-order valence-corrected chi connectivity index (χ1v) is 8.67. The highest BCUT2D eigenvalue weighted by molar-refractivity contribution is 5.89. The van der Waals surface area contributed by atoms with E-state index in [1.807, 2.05) is 12.3 Å². The van der Waals surface area contributed by atoms with E-state index in [4.69, 9.17) is 4.74 Å². The van der Waals surface area contributed by atoms with Gasteiger partial charge in [0.15, 0.2) is 0 Å². The summed E-state index contributed by atoms with van der Waals surface area (Å²) in [5.41, 5.74) is 2.30. The molecule has 1 heterocycles. The molecular weight excluding hydrogens is 294 g/mol. The minimum Gasteiger partial charge on any atom is -0.493 e. The van der Waals surface area contributed by atoms with Gasteiger partial charge in [0, 0.05) is 17.2 Å². The largest absolute Gasteiger partial charge is 0.493 e. The van der Waals surface area contributed by atoms with Crippen LogP contribution >= 0.6 is 0 Å². The fraction of sp³-hybridized carbons (Fsp3) is 0.318. The zero-order chi connectivity index (χ0) is 17.0. The van der Waals surface area contributed by atoms with Gasteiger partial charge in [-0.15, -0.1) is 0 Å². The summed E-state index contributed by atoms with van der Waals surface area (Å²) in [5.74, 6) is 0.990. The number of ether oxygens (including phenoxy) is 1. The predicted octanol–water partition coefficient (Wildman–Crippen LogP) is 5.91. The van der Waals surface area contributed by atoms with Crippen molar-refractivity contribution < 1.29 is 4.74 Å². The average molecular weight is 319 g/mol. The second kappa shape index (κ2) is 7.04. The molecule has 0 aliphatic heterocycles. The molecule has 0 fully saturated rings. The monoisotopic (exact) mass is 319 g/mol. The van der Waals surface area contributed by atoms with Crippen LogP contribution in [0.1, 0.15) is 39.3 Å². The molecule has 0 radical (unpaired) electrons. The molecule has 1 aromatic heterocycles. The lowest BCUT2D eigenvalue weighted by molar-refractivity contribution is 0.213. The SMILES string of the molecule is CCCOC1=CC(C)(C)CC=C1C=Cc1nccc2ccccc12. The highest BCUT2D eigenvalue weighted by Crippen LogP contribution is 2.34. The van der Waals surface area contributed by atoms with E-state index in [0.29, 0.717) is 0 Å². The van der Waals surface area contributed by atoms with Crippen LogP contribution < -0.4 is 0 Å². The fourth-order valence-corrected chi connectivity index (χ4v) is 2.90. The zero-order valence-corrected chi connectivity index (χ0v) is 14.8. The molecule has 3 rings (SSSR count). The Kier molecular flexibility index (Phi) is 4.84. The number of hydrogen-bond acceptors (Lipinski definition) is 2. The number of benzene rings is 1. The molecule has 1 aliphatic carbocycles. The fourth-order valence-electron chi connectivity index (χ4n) is 2.90. The summed E-state index contributed by atoms with van der Waals surface area (Å²) >= 11 is 0. The zero-order valence-electron chi connectivity index (χ0n) is 14.8. The minimum atomic E-state index is 0.151. The molecule has 2 heteroatoms. The predicted molar refractivity (Wildman–Crippen MR) is 102 cm³/mol. The van der Waals surface area contributed by atoms with Crippen molar-refractivity contribution in [1.29, 1.82) is 0 Å². The first-order chi connectivity index (χ1) is 11.6. The Balaban J connectivity index is 1.89. The Morgan fingerprint density at radius 3 is 2.83 bits per heavy atom. The number of rotatable bonds is 5. The Morgan fingerprint density at radius 1 is 1.17 bits per heavy atom. The lowest BCUT2D eigenvalue weighted by atomic mass is 9.83. The van der Waals surface area contributed by atoms with Gasteiger partial charge in [-0.1, -0.05) is 51.1 Å². The normalized spacial score (nSPS) is 17.0. The standard InChI is InChI=1S/C22H25NO/c1-4-15-24-21-16-22(2,3)13-11-18(21)9-10-20-19-8-6-5-7-17(19)12-14-23-20/h5-12,14,16H,4,13,15H2,1-3H3. The number of aromatic nitrogens is 1. The number of nitrogens with zero attached hydrogens (tertiary/aromatic N) is 1. The summed E-state index contributed by atoms with van der Waals surface area (Å²) in [4.78, 5) is 4.53. The first-order valence-electron chi connectivity index (χ1n) is 8.67. The Labute approximate surface area is 144 Å². The molecule has 124 valence electrons. The summed E-state index contributed by atoms with van der Waals surface area (Å²) in [6, 6.07) is 10.4. The lowest BCUT2D eigenvalue weighted by Gasteiger charge is -2.26. The van der Waals surface area contributed by atoms with Gasteiger partial charge in [-0.2, -0.15) is 0 Å². The Hall–Kier alpha value is -2.35. The molecule has 0 saturated heterocycles. The number of pyridine rings is 1. The van der Waals surface area contributed by atoms with Crippen LogP contribution in [0, 0.1) is 5.41 Å². The van der Waals surface area contributed by atoms with Crippen molar-refractivity contribution in [2.75, 3.05) is 6.61 Å². The minimum absolute atomic E-state index is 0.151. The Morgan fingerprint density at radius 2 is 2.00 bits per heavy atom. The van der Waals surface area contributed by atoms with Crippen molar-refractivity contribution in [1.82, 2.24) is 4.98 Å². The maximum atomic E-state index is 5.98. The van der Waals surface area contributed by atoms with Crippen LogP contribution in [0.2, 0.25) is 0 Å². The summed E-state index contributed by atoms with van der Waals surface area (Å²) in [7, 11) is 0. The van der Waals surface area contributed by atoms with Gasteiger partial charge in [0.05, 0.1) is 12.3 Å². The van der Waals surface area contributed by atoms with Crippen molar-refractivity contribution in [3.05, 3.63) is 71.8 Å². The summed E-state index contributed by atoms with van der Waals surface area (Å²) in [5, 5.41) is 2.39. The summed E-state index contributed by atoms with van der Waals surface area (Å²) < 4.78 is 5.98. The van der Waals surface area contributed by atoms with E-state index in [1.165, 1.54) is 10.8 Å². The molecule has 0 bridgehead atoms. The maximum Gasteiger partial charge on any atom is 0.122 e. The van der Waals surface area contributed by atoms with Gasteiger partial charge in [-0.05, 0) is 47.9 Å². The molecule has 0 saturated carbocycles. The molecular formula is C22H25NO. The maximum absolute atomic E-state index is 5.98. The van der Waals surface area contributed by atoms with Crippen molar-refractivity contribution in [3.63, 3.8) is 0 Å². The molecule has 0 atom stereocenters. The third-order valence-corrected chi connectivity index (χ3v) is 4.24. The van der Waals surface area contributed by atoms with Crippen molar-refractivity contribution in [3.8, 4) is 0 Å². The Bertz CT molecular complexity index is 806. The molecule has 0 amide bonds. The van der Waals surface area contributed by atoms with E-state index >= 15 is 0 Å². The summed E-state index contributed by atoms with van der Waals surface area (Å²) in [6.45, 7) is 7.37. The second-order valence-electron chi connectivity index (χ2n) is 6.96. The van der Waals surface area contributed by atoms with Gasteiger partial charge in [-0.3, -0.25) is 4.98 Å². The van der Waals surface area contributed by atoms with Gasteiger partial charge < -0.3 is 4.74 Å². The molecule has 0 spiro atoms. The number of fused-ring (bicyclic) bond motifs is 1. The molecule has 24 heavy (non-hydrogen) atoms. The van der Waals surface area contributed by atoms with Crippen molar-refractivity contribution >= 4 is 16.8 Å². The summed E-state index contributed by atoms with van der Waals surface area (Å²) in [6.07, 6.45) is 12.6. The highest BCUT2D eigenvalue weighted by atomic mass is 16.5. The highest BCUT2D eigenvalue weighted by Gasteiger charge is 2.21. The van der Waals surface area contributed by atoms with Crippen LogP contribution in [0.15, 0.2) is 66.1 Å². The van der Waals surface area contributed by atoms with E-state index in [2.05, 4.69) is 74.3 Å². The van der Waals surface area contributed by atoms with Crippen molar-refractivity contribution in [2.24, 2.45) is 5.41 Å². The van der Waals surface area contributed by atoms with Crippen LogP contribution in [-0.2, 0) is 4.74 Å². The molecule has 1 aromatic carbocycles. The van der Waals surface area contributed by atoms with Crippen LogP contribution in [0.3, 0.4) is 0 Å². The van der Waals surface area contributed by atoms with Gasteiger partial charge in [0.1, 0.15) is 5.76 Å². The second-order valence-corrected chi connectivity index (χ2v) is 6.96. The van der Waals surface area contributed by atoms with Crippen LogP contribution in [-0.4, -0.2) is 11.6 Å². The van der Waals surface area contributed by atoms with E-state index in [0.717, 1.165) is 36.5 Å². The molecule has 1 aliphatic rings. The van der Waals surface area contributed by atoms with Gasteiger partial charge in [0.25, 0.3) is 0 Å². The van der Waals surface area contributed by atoms with E-state index in [-0.39, 0.29) is 5.41 Å². The topological polar surface area (TPSA) is 22.1 Å². The third kappa shape index (κ3) is 3.76. The van der Waals surface area contributed by atoms with Gasteiger partial charge in [0.2, 0.25) is 0 Å². The van der Waals surface area contributed by atoms with Crippen LogP contribution in [0.4, 0.5) is 0 Å². The smallest absolute Gasteiger partial charge is 0.122 e. The van der Waals surface area contributed by atoms with Crippen molar-refractivity contribution in [2.45, 2.75) is 33.6 Å². The lowest BCUT2D eigenvalue weighted by Crippen LogP contribution is -2.13. The van der Waals surface area contributed by atoms with E-state index in [9.17, 15) is 0 Å². The number of allylic oxidation sites excluding steroid dienone is 3. The molecule has 0 unspecified atom stereocenters. The number of hydrogen-bond donors (Lipinski definition) is 0. The van der Waals surface area contributed by atoms with E-state index in [1.54, 1.807) is 0 Å². The quantitative estimate of drug-likeness (QED) is 0.683. The first kappa shape index (κ1) is 16.5. The van der Waals surface area contributed by atoms with Gasteiger partial charge >= 0.3 is 0 Å². The van der Waals surface area contributed by atoms with Gasteiger partial charge in [-0.25, -0.2) is 0 Å². The van der Waals surface area contributed by atoms with Crippen LogP contribution in [0.5, 0.6) is 0 Å². The molecule has 2 nitrogen and oxygen atoms in total. The van der Waals surface area contributed by atoms with E-state index < -0.39 is 0 Å². The van der Waals surface area contributed by atoms with Crippen LogP contribution in [0.25, 0.3) is 16.8 Å². The molecule has 0 N–H and O–H groups in total. The molecule has 2 aromatic rings.